The molecular weight excluding hydrogens is 376 g/mol. The first kappa shape index (κ1) is 16.6. The summed E-state index contributed by atoms with van der Waals surface area (Å²) in [4.78, 5) is 23.8. The summed E-state index contributed by atoms with van der Waals surface area (Å²) < 4.78 is 0. The van der Waals surface area contributed by atoms with Crippen molar-refractivity contribution in [1.29, 1.82) is 0 Å². The van der Waals surface area contributed by atoms with Crippen molar-refractivity contribution < 1.29 is 4.79 Å². The summed E-state index contributed by atoms with van der Waals surface area (Å²) in [5, 5.41) is 2.45. The molecule has 2 aliphatic carbocycles. The van der Waals surface area contributed by atoms with E-state index in [2.05, 4.69) is 47.3 Å². The number of carbonyl (C=O) groups is 1. The molecule has 0 saturated carbocycles. The number of ketones is 1. The van der Waals surface area contributed by atoms with Crippen molar-refractivity contribution >= 4 is 52.1 Å². The Balaban J connectivity index is 1.46. The first-order valence-corrected chi connectivity index (χ1v) is 10.4. The van der Waals surface area contributed by atoms with Gasteiger partial charge in [0.05, 0.1) is 16.3 Å². The van der Waals surface area contributed by atoms with Crippen LogP contribution in [-0.4, -0.2) is 17.8 Å². The Morgan fingerprint density at radius 2 is 1.86 bits per heavy atom. The van der Waals surface area contributed by atoms with E-state index in [1.54, 1.807) is 17.7 Å². The molecule has 0 spiro atoms. The zero-order valence-electron chi connectivity index (χ0n) is 15.7. The van der Waals surface area contributed by atoms with E-state index in [4.69, 9.17) is 0 Å². The highest BCUT2D eigenvalue weighted by Crippen LogP contribution is 2.40. The zero-order chi connectivity index (χ0) is 19.5. The maximum Gasteiger partial charge on any atom is 0.202 e. The lowest BCUT2D eigenvalue weighted by atomic mass is 9.83. The minimum atomic E-state index is 0.0753. The molecule has 2 heterocycles. The number of hydrogen-bond acceptors (Lipinski definition) is 4. The molecule has 1 aliphatic heterocycles. The smallest absolute Gasteiger partial charge is 0.202 e. The molecule has 1 atom stereocenters. The summed E-state index contributed by atoms with van der Waals surface area (Å²) in [5.41, 5.74) is 6.41. The van der Waals surface area contributed by atoms with Crippen molar-refractivity contribution in [3.8, 4) is 0 Å². The highest BCUT2D eigenvalue weighted by atomic mass is 32.1. The maximum atomic E-state index is 12.8. The van der Waals surface area contributed by atoms with Crippen LogP contribution in [0.15, 0.2) is 70.6 Å². The van der Waals surface area contributed by atoms with Crippen LogP contribution in [0, 0.1) is 5.92 Å². The molecule has 1 unspecified atom stereocenters. The van der Waals surface area contributed by atoms with Crippen LogP contribution < -0.4 is 10.4 Å². The Kier molecular flexibility index (Phi) is 3.46. The van der Waals surface area contributed by atoms with Gasteiger partial charge in [-0.1, -0.05) is 55.5 Å². The van der Waals surface area contributed by atoms with E-state index < -0.39 is 0 Å². The molecule has 3 aromatic rings. The predicted molar refractivity (Wildman–Crippen MR) is 120 cm³/mol. The van der Waals surface area contributed by atoms with Crippen LogP contribution in [0.5, 0.6) is 0 Å². The molecule has 0 saturated heterocycles. The Morgan fingerprint density at radius 1 is 1.00 bits per heavy atom. The topological polar surface area (TPSA) is 41.8 Å². The fraction of sp³-hybridized carbons (Fsp3) is 0.0800. The quantitative estimate of drug-likeness (QED) is 0.623. The standard InChI is InChI=1S/C25H16N2OS/c1-14-18(19-10-11-20(29-19)25(28)15-6-3-2-4-7-15)12-16-8-5-9-17-22(16)21(14)24-23(17)26-13-27-24/h2-14H,1H3. The van der Waals surface area contributed by atoms with E-state index in [0.717, 1.165) is 26.7 Å². The normalized spacial score (nSPS) is 18.4. The number of carbonyl (C=O) groups excluding carboxylic acids is 1. The van der Waals surface area contributed by atoms with Gasteiger partial charge in [0.2, 0.25) is 5.78 Å². The Bertz CT molecular complexity index is 1420. The van der Waals surface area contributed by atoms with Gasteiger partial charge in [0.25, 0.3) is 0 Å². The van der Waals surface area contributed by atoms with E-state index >= 15 is 0 Å². The molecule has 0 N–H and O–H groups in total. The Hall–Kier alpha value is -3.37. The van der Waals surface area contributed by atoms with Gasteiger partial charge in [0, 0.05) is 21.6 Å². The largest absolute Gasteiger partial charge is 0.288 e. The van der Waals surface area contributed by atoms with Gasteiger partial charge in [0.15, 0.2) is 0 Å². The van der Waals surface area contributed by atoms with Crippen LogP contribution in [-0.2, 0) is 0 Å². The third-order valence-corrected chi connectivity index (χ3v) is 6.97. The van der Waals surface area contributed by atoms with E-state index in [9.17, 15) is 4.79 Å². The molecule has 2 aromatic carbocycles. The first-order chi connectivity index (χ1) is 14.2. The Morgan fingerprint density at radius 3 is 2.72 bits per heavy atom. The average molecular weight is 392 g/mol. The van der Waals surface area contributed by atoms with Gasteiger partial charge < -0.3 is 0 Å². The average Bonchev–Trinajstić information content (AvgIpc) is 3.48. The lowest BCUT2D eigenvalue weighted by Gasteiger charge is -2.22. The molecular formula is C25H16N2OS. The van der Waals surface area contributed by atoms with Gasteiger partial charge in [-0.05, 0) is 40.1 Å². The van der Waals surface area contributed by atoms with Gasteiger partial charge in [-0.15, -0.1) is 11.3 Å². The number of thiophene rings is 1. The highest BCUT2D eigenvalue weighted by molar-refractivity contribution is 7.15. The summed E-state index contributed by atoms with van der Waals surface area (Å²) in [5.74, 6) is 0.270. The van der Waals surface area contributed by atoms with Crippen LogP contribution in [0.3, 0.4) is 0 Å². The number of fused-ring (bicyclic) bond motifs is 2. The monoisotopic (exact) mass is 392 g/mol. The van der Waals surface area contributed by atoms with Crippen molar-refractivity contribution in [2.24, 2.45) is 15.9 Å². The fourth-order valence-corrected chi connectivity index (χ4v) is 5.54. The summed E-state index contributed by atoms with van der Waals surface area (Å²) in [6, 6.07) is 19.8. The third-order valence-electron chi connectivity index (χ3n) is 5.84. The number of benzene rings is 2. The molecule has 3 aliphatic rings. The van der Waals surface area contributed by atoms with E-state index in [0.29, 0.717) is 0 Å². The molecule has 138 valence electrons. The minimum absolute atomic E-state index is 0.0753. The van der Waals surface area contributed by atoms with Gasteiger partial charge >= 0.3 is 0 Å². The van der Waals surface area contributed by atoms with Crippen molar-refractivity contribution in [2.45, 2.75) is 6.92 Å². The number of aliphatic imine (C=N–C) groups is 2. The van der Waals surface area contributed by atoms with Gasteiger partial charge in [-0.25, -0.2) is 9.98 Å². The SMILES string of the molecule is CC1C(c2ccc(C(=O)c3ccccc3)s2)=Cc2cccc3c2=C1C1=NC=NC=31. The molecule has 0 radical (unpaired) electrons. The van der Waals surface area contributed by atoms with Crippen molar-refractivity contribution in [1.82, 2.24) is 0 Å². The second kappa shape index (κ2) is 6.06. The lowest BCUT2D eigenvalue weighted by Crippen LogP contribution is -2.30. The lowest BCUT2D eigenvalue weighted by molar-refractivity contribution is 0.104. The summed E-state index contributed by atoms with van der Waals surface area (Å²) in [7, 11) is 0. The van der Waals surface area contributed by atoms with Crippen LogP contribution in [0.2, 0.25) is 0 Å². The third kappa shape index (κ3) is 2.33. The first-order valence-electron chi connectivity index (χ1n) is 9.62. The van der Waals surface area contributed by atoms with Crippen molar-refractivity contribution in [3.63, 3.8) is 0 Å². The molecule has 4 heteroatoms. The number of hydrogen-bond donors (Lipinski definition) is 0. The molecule has 1 aromatic heterocycles. The van der Waals surface area contributed by atoms with Crippen molar-refractivity contribution in [2.75, 3.05) is 0 Å². The Labute approximate surface area is 171 Å². The number of rotatable bonds is 3. The molecule has 0 amide bonds. The maximum absolute atomic E-state index is 12.8. The number of allylic oxidation sites excluding steroid dienone is 1. The second-order valence-electron chi connectivity index (χ2n) is 7.43. The number of nitrogens with zero attached hydrogens (tertiary/aromatic N) is 2. The summed E-state index contributed by atoms with van der Waals surface area (Å²) in [6.45, 7) is 2.23. The van der Waals surface area contributed by atoms with Crippen LogP contribution in [0.1, 0.15) is 32.6 Å². The summed E-state index contributed by atoms with van der Waals surface area (Å²) in [6.07, 6.45) is 3.92. The zero-order valence-corrected chi connectivity index (χ0v) is 16.5. The molecule has 6 rings (SSSR count). The second-order valence-corrected chi connectivity index (χ2v) is 8.52. The highest BCUT2D eigenvalue weighted by Gasteiger charge is 2.33. The molecule has 29 heavy (non-hydrogen) atoms. The summed E-state index contributed by atoms with van der Waals surface area (Å²) >= 11 is 1.57. The van der Waals surface area contributed by atoms with E-state index in [1.807, 2.05) is 36.4 Å². The van der Waals surface area contributed by atoms with Crippen molar-refractivity contribution in [3.05, 3.63) is 92.0 Å². The van der Waals surface area contributed by atoms with Gasteiger partial charge in [-0.3, -0.25) is 4.79 Å². The van der Waals surface area contributed by atoms with Crippen LogP contribution >= 0.6 is 11.3 Å². The molecule has 3 nitrogen and oxygen atoms in total. The van der Waals surface area contributed by atoms with Gasteiger partial charge in [-0.2, -0.15) is 0 Å². The molecule has 0 bridgehead atoms. The molecule has 0 fully saturated rings. The van der Waals surface area contributed by atoms with E-state index in [1.165, 1.54) is 27.1 Å². The predicted octanol–water partition coefficient (Wildman–Crippen LogP) is 3.92. The minimum Gasteiger partial charge on any atom is -0.288 e. The fourth-order valence-electron chi connectivity index (χ4n) is 4.47. The van der Waals surface area contributed by atoms with Crippen LogP contribution in [0.4, 0.5) is 0 Å². The van der Waals surface area contributed by atoms with Crippen LogP contribution in [0.25, 0.3) is 22.9 Å². The van der Waals surface area contributed by atoms with Gasteiger partial charge in [0.1, 0.15) is 6.34 Å². The van der Waals surface area contributed by atoms with E-state index in [-0.39, 0.29) is 11.7 Å².